The zero-order valence-electron chi connectivity index (χ0n) is 12.3. The Bertz CT molecular complexity index is 725. The number of thioether (sulfide) groups is 1. The number of carboxylic acids is 1. The summed E-state index contributed by atoms with van der Waals surface area (Å²) in [5, 5.41) is 10.0. The second-order valence-corrected chi connectivity index (χ2v) is 6.75. The summed E-state index contributed by atoms with van der Waals surface area (Å²) in [5.41, 5.74) is 2.60. The number of nitrogens with zero attached hydrogens (tertiary/aromatic N) is 1. The summed E-state index contributed by atoms with van der Waals surface area (Å²) < 4.78 is 0. The predicted molar refractivity (Wildman–Crippen MR) is 87.4 cm³/mol. The highest BCUT2D eigenvalue weighted by molar-refractivity contribution is 7.99. The number of hydrogen-bond donors (Lipinski definition) is 2. The topological polar surface area (TPSA) is 73.4 Å². The van der Waals surface area contributed by atoms with Crippen LogP contribution in [0.1, 0.15) is 22.5 Å². The molecule has 116 valence electrons. The summed E-state index contributed by atoms with van der Waals surface area (Å²) in [5.74, 6) is 0.552. The Kier molecular flexibility index (Phi) is 4.11. The van der Waals surface area contributed by atoms with Gasteiger partial charge in [0.05, 0.1) is 12.5 Å². The van der Waals surface area contributed by atoms with E-state index in [1.54, 1.807) is 16.7 Å². The number of carbonyl (C=O) groups excluding carboxylic acids is 1. The van der Waals surface area contributed by atoms with Crippen LogP contribution < -0.4 is 0 Å². The van der Waals surface area contributed by atoms with E-state index in [4.69, 9.17) is 5.11 Å². The third-order valence-electron chi connectivity index (χ3n) is 3.91. The minimum absolute atomic E-state index is 0.00191. The maximum atomic E-state index is 12.7. The summed E-state index contributed by atoms with van der Waals surface area (Å²) in [6.07, 6.45) is -0.00191. The van der Waals surface area contributed by atoms with E-state index >= 15 is 0 Å². The number of fused-ring (bicyclic) bond motifs is 1. The van der Waals surface area contributed by atoms with Gasteiger partial charge in [0.25, 0.3) is 5.91 Å². The van der Waals surface area contributed by atoms with Crippen molar-refractivity contribution in [2.75, 3.05) is 18.1 Å². The van der Waals surface area contributed by atoms with E-state index < -0.39 is 5.97 Å². The van der Waals surface area contributed by atoms with Gasteiger partial charge in [-0.25, -0.2) is 0 Å². The SMILES string of the molecule is Cc1ccc2cc(C(=O)N3CCSCC3CC(=O)O)[nH]c2c1. The van der Waals surface area contributed by atoms with Crippen molar-refractivity contribution in [3.8, 4) is 0 Å². The number of H-pyrrole nitrogens is 1. The average Bonchev–Trinajstić information content (AvgIpc) is 2.89. The van der Waals surface area contributed by atoms with Crippen LogP contribution >= 0.6 is 11.8 Å². The average molecular weight is 318 g/mol. The Morgan fingerprint density at radius 2 is 2.23 bits per heavy atom. The van der Waals surface area contributed by atoms with Crippen molar-refractivity contribution < 1.29 is 14.7 Å². The minimum atomic E-state index is -0.863. The quantitative estimate of drug-likeness (QED) is 0.912. The number of aromatic amines is 1. The molecule has 1 unspecified atom stereocenters. The van der Waals surface area contributed by atoms with Crippen molar-refractivity contribution in [3.63, 3.8) is 0 Å². The summed E-state index contributed by atoms with van der Waals surface area (Å²) in [7, 11) is 0. The lowest BCUT2D eigenvalue weighted by atomic mass is 10.1. The van der Waals surface area contributed by atoms with E-state index in [9.17, 15) is 9.59 Å². The van der Waals surface area contributed by atoms with Gasteiger partial charge in [-0.2, -0.15) is 11.8 Å². The fourth-order valence-electron chi connectivity index (χ4n) is 2.80. The van der Waals surface area contributed by atoms with E-state index in [0.29, 0.717) is 18.0 Å². The first kappa shape index (κ1) is 15.0. The van der Waals surface area contributed by atoms with Crippen LogP contribution in [0.25, 0.3) is 10.9 Å². The number of hydrogen-bond acceptors (Lipinski definition) is 3. The monoisotopic (exact) mass is 318 g/mol. The number of aryl methyl sites for hydroxylation is 1. The van der Waals surface area contributed by atoms with Crippen LogP contribution in [0, 0.1) is 6.92 Å². The molecule has 0 aliphatic carbocycles. The van der Waals surface area contributed by atoms with Gasteiger partial charge in [-0.05, 0) is 24.6 Å². The van der Waals surface area contributed by atoms with E-state index in [0.717, 1.165) is 22.2 Å². The molecule has 0 bridgehead atoms. The molecule has 5 nitrogen and oxygen atoms in total. The standard InChI is InChI=1S/C16H18N2O3S/c1-10-2-3-11-7-14(17-13(11)6-10)16(21)18-4-5-22-9-12(18)8-15(19)20/h2-3,6-7,12,17H,4-5,8-9H2,1H3,(H,19,20). The summed E-state index contributed by atoms with van der Waals surface area (Å²) in [4.78, 5) is 28.6. The molecule has 1 aliphatic rings. The Hall–Kier alpha value is -1.95. The van der Waals surface area contributed by atoms with Crippen molar-refractivity contribution in [1.29, 1.82) is 0 Å². The molecule has 2 heterocycles. The maximum Gasteiger partial charge on any atom is 0.305 e. The smallest absolute Gasteiger partial charge is 0.305 e. The highest BCUT2D eigenvalue weighted by Gasteiger charge is 2.30. The van der Waals surface area contributed by atoms with Crippen LogP contribution in [0.5, 0.6) is 0 Å². The molecule has 1 aliphatic heterocycles. The summed E-state index contributed by atoms with van der Waals surface area (Å²) >= 11 is 1.70. The largest absolute Gasteiger partial charge is 0.481 e. The van der Waals surface area contributed by atoms with Gasteiger partial charge in [0.1, 0.15) is 5.69 Å². The molecule has 1 aromatic heterocycles. The van der Waals surface area contributed by atoms with Gasteiger partial charge in [-0.15, -0.1) is 0 Å². The van der Waals surface area contributed by atoms with Gasteiger partial charge in [0, 0.05) is 29.0 Å². The van der Waals surface area contributed by atoms with Crippen molar-refractivity contribution in [3.05, 3.63) is 35.5 Å². The molecule has 1 amide bonds. The van der Waals surface area contributed by atoms with E-state index in [1.165, 1.54) is 0 Å². The number of benzene rings is 1. The Morgan fingerprint density at radius 1 is 1.41 bits per heavy atom. The van der Waals surface area contributed by atoms with Gasteiger partial charge < -0.3 is 15.0 Å². The van der Waals surface area contributed by atoms with Crippen LogP contribution in [0.4, 0.5) is 0 Å². The van der Waals surface area contributed by atoms with Crippen molar-refractivity contribution in [2.24, 2.45) is 0 Å². The number of aliphatic carboxylic acids is 1. The summed E-state index contributed by atoms with van der Waals surface area (Å²) in [6.45, 7) is 2.60. The molecular weight excluding hydrogens is 300 g/mol. The molecule has 6 heteroatoms. The van der Waals surface area contributed by atoms with Gasteiger partial charge in [-0.3, -0.25) is 9.59 Å². The van der Waals surface area contributed by atoms with Gasteiger partial charge in [-0.1, -0.05) is 12.1 Å². The van der Waals surface area contributed by atoms with Crippen LogP contribution in [0.2, 0.25) is 0 Å². The van der Waals surface area contributed by atoms with Crippen LogP contribution in [0.3, 0.4) is 0 Å². The minimum Gasteiger partial charge on any atom is -0.481 e. The fourth-order valence-corrected chi connectivity index (χ4v) is 3.87. The molecule has 22 heavy (non-hydrogen) atoms. The zero-order chi connectivity index (χ0) is 15.7. The Balaban J connectivity index is 1.87. The van der Waals surface area contributed by atoms with Gasteiger partial charge in [0.2, 0.25) is 0 Å². The zero-order valence-corrected chi connectivity index (χ0v) is 13.2. The second-order valence-electron chi connectivity index (χ2n) is 5.60. The lowest BCUT2D eigenvalue weighted by molar-refractivity contribution is -0.138. The first-order chi connectivity index (χ1) is 10.5. The normalized spacial score (nSPS) is 18.6. The van der Waals surface area contributed by atoms with E-state index in [1.807, 2.05) is 31.2 Å². The van der Waals surface area contributed by atoms with Crippen molar-refractivity contribution >= 4 is 34.5 Å². The molecule has 3 rings (SSSR count). The Labute approximate surface area is 132 Å². The third kappa shape index (κ3) is 2.97. The maximum absolute atomic E-state index is 12.7. The first-order valence-electron chi connectivity index (χ1n) is 7.24. The number of aromatic nitrogens is 1. The van der Waals surface area contributed by atoms with Crippen LogP contribution in [-0.2, 0) is 4.79 Å². The number of carbonyl (C=O) groups is 2. The van der Waals surface area contributed by atoms with Crippen molar-refractivity contribution in [1.82, 2.24) is 9.88 Å². The summed E-state index contributed by atoms with van der Waals surface area (Å²) in [6, 6.07) is 7.61. The van der Waals surface area contributed by atoms with Crippen LogP contribution in [0.15, 0.2) is 24.3 Å². The van der Waals surface area contributed by atoms with Crippen LogP contribution in [-0.4, -0.2) is 51.0 Å². The highest BCUT2D eigenvalue weighted by Crippen LogP contribution is 2.23. The molecule has 0 radical (unpaired) electrons. The van der Waals surface area contributed by atoms with E-state index in [2.05, 4.69) is 4.98 Å². The number of rotatable bonds is 3. The Morgan fingerprint density at radius 3 is 3.00 bits per heavy atom. The van der Waals surface area contributed by atoms with E-state index in [-0.39, 0.29) is 18.4 Å². The lowest BCUT2D eigenvalue weighted by Gasteiger charge is -2.34. The molecule has 1 aromatic carbocycles. The number of nitrogens with one attached hydrogen (secondary N) is 1. The molecule has 2 aromatic rings. The molecule has 2 N–H and O–H groups in total. The molecule has 0 saturated carbocycles. The van der Waals surface area contributed by atoms with Gasteiger partial charge >= 0.3 is 5.97 Å². The van der Waals surface area contributed by atoms with Crippen molar-refractivity contribution in [2.45, 2.75) is 19.4 Å². The number of carboxylic acid groups (broad SMARTS) is 1. The molecule has 1 atom stereocenters. The molecule has 1 fully saturated rings. The second kappa shape index (κ2) is 6.04. The first-order valence-corrected chi connectivity index (χ1v) is 8.40. The highest BCUT2D eigenvalue weighted by atomic mass is 32.2. The lowest BCUT2D eigenvalue weighted by Crippen LogP contribution is -2.47. The third-order valence-corrected chi connectivity index (χ3v) is 5.00. The number of amides is 1. The fraction of sp³-hybridized carbons (Fsp3) is 0.375. The molecular formula is C16H18N2O3S. The molecule has 1 saturated heterocycles. The molecule has 0 spiro atoms. The predicted octanol–water partition coefficient (Wildman–Crippen LogP) is 2.51. The van der Waals surface area contributed by atoms with Gasteiger partial charge in [0.15, 0.2) is 0 Å².